The Labute approximate surface area is 185 Å². The second kappa shape index (κ2) is 9.54. The molecule has 0 spiro atoms. The van der Waals surface area contributed by atoms with E-state index in [9.17, 15) is 8.42 Å². The molecule has 3 aromatic rings. The van der Waals surface area contributed by atoms with Gasteiger partial charge in [-0.2, -0.15) is 0 Å². The van der Waals surface area contributed by atoms with Gasteiger partial charge in [-0.15, -0.1) is 0 Å². The van der Waals surface area contributed by atoms with Gasteiger partial charge in [-0.05, 0) is 47.7 Å². The van der Waals surface area contributed by atoms with Crippen molar-refractivity contribution in [3.63, 3.8) is 0 Å². The van der Waals surface area contributed by atoms with Crippen LogP contribution in [0.1, 0.15) is 42.5 Å². The van der Waals surface area contributed by atoms with Crippen molar-refractivity contribution in [1.82, 2.24) is 9.71 Å². The molecule has 162 valence electrons. The Bertz CT molecular complexity index is 1190. The molecule has 0 amide bonds. The number of nitrogens with one attached hydrogen (secondary N) is 1. The number of aromatic nitrogens is 1. The van der Waals surface area contributed by atoms with Crippen molar-refractivity contribution in [3.05, 3.63) is 89.2 Å². The highest BCUT2D eigenvalue weighted by Gasteiger charge is 2.16. The van der Waals surface area contributed by atoms with Gasteiger partial charge in [0.1, 0.15) is 0 Å². The van der Waals surface area contributed by atoms with Crippen molar-refractivity contribution < 1.29 is 8.42 Å². The second-order valence-corrected chi connectivity index (χ2v) is 9.62. The lowest BCUT2D eigenvalue weighted by Crippen LogP contribution is -2.28. The molecule has 0 unspecified atom stereocenters. The van der Waals surface area contributed by atoms with E-state index in [0.29, 0.717) is 13.0 Å². The summed E-state index contributed by atoms with van der Waals surface area (Å²) in [5, 5.41) is 0. The summed E-state index contributed by atoms with van der Waals surface area (Å²) in [6, 6.07) is 18.6. The first-order valence-corrected chi connectivity index (χ1v) is 11.9. The summed E-state index contributed by atoms with van der Waals surface area (Å²) < 4.78 is 25.9. The van der Waals surface area contributed by atoms with Crippen LogP contribution in [-0.2, 0) is 23.0 Å². The number of sulfonamides is 1. The molecule has 0 radical (unpaired) electrons. The van der Waals surface area contributed by atoms with Crippen LogP contribution in [0.25, 0.3) is 11.1 Å². The number of hydrogen-bond acceptors (Lipinski definition) is 4. The number of rotatable bonds is 7. The molecule has 1 atom stereocenters. The Hall–Kier alpha value is -2.83. The molecule has 1 aliphatic heterocycles. The highest BCUT2D eigenvalue weighted by atomic mass is 32.2. The van der Waals surface area contributed by atoms with E-state index in [4.69, 9.17) is 0 Å². The number of nitrogens with zero attached hydrogens (tertiary/aromatic N) is 2. The molecule has 1 aliphatic rings. The number of fused-ring (bicyclic) bond motifs is 1. The van der Waals surface area contributed by atoms with E-state index in [1.807, 2.05) is 49.6 Å². The predicted octanol–water partition coefficient (Wildman–Crippen LogP) is 4.58. The van der Waals surface area contributed by atoms with Gasteiger partial charge in [-0.3, -0.25) is 9.98 Å². The fourth-order valence-corrected chi connectivity index (χ4v) is 4.35. The first kappa shape index (κ1) is 22.8. The Morgan fingerprint density at radius 1 is 1.03 bits per heavy atom. The third kappa shape index (κ3) is 5.66. The first-order valence-electron chi connectivity index (χ1n) is 9.97. The highest BCUT2D eigenvalue weighted by Crippen LogP contribution is 2.28. The van der Waals surface area contributed by atoms with Gasteiger partial charge in [0.2, 0.25) is 10.0 Å². The van der Waals surface area contributed by atoms with Gasteiger partial charge in [0.15, 0.2) is 0 Å². The quantitative estimate of drug-likeness (QED) is 0.590. The van der Waals surface area contributed by atoms with E-state index in [1.54, 1.807) is 0 Å². The Balaban J connectivity index is 0.00000272. The van der Waals surface area contributed by atoms with E-state index >= 15 is 0 Å². The van der Waals surface area contributed by atoms with Crippen LogP contribution in [0.2, 0.25) is 0 Å². The summed E-state index contributed by atoms with van der Waals surface area (Å²) in [5.74, 6) is 0.0207. The van der Waals surface area contributed by atoms with E-state index < -0.39 is 10.0 Å². The molecule has 6 heteroatoms. The SMILES string of the molecule is C.CC1=NCc2ccc(-c3cncc(C[C@@H](CNS(C)(=O)=O)c4ccccc4)c3)cc21. The Morgan fingerprint density at radius 2 is 1.81 bits per heavy atom. The maximum absolute atomic E-state index is 11.6. The third-order valence-corrected chi connectivity index (χ3v) is 6.15. The van der Waals surface area contributed by atoms with Gasteiger partial charge >= 0.3 is 0 Å². The molecule has 1 N–H and O–H groups in total. The van der Waals surface area contributed by atoms with Gasteiger partial charge in [-0.1, -0.05) is 49.9 Å². The van der Waals surface area contributed by atoms with Crippen LogP contribution >= 0.6 is 0 Å². The smallest absolute Gasteiger partial charge is 0.208 e. The molecule has 0 saturated heterocycles. The van der Waals surface area contributed by atoms with Crippen LogP contribution < -0.4 is 4.72 Å². The van der Waals surface area contributed by atoms with Crippen LogP contribution in [0.5, 0.6) is 0 Å². The fraction of sp³-hybridized carbons (Fsp3) is 0.280. The molecule has 4 rings (SSSR count). The zero-order chi connectivity index (χ0) is 21.1. The van der Waals surface area contributed by atoms with E-state index in [0.717, 1.165) is 34.5 Å². The van der Waals surface area contributed by atoms with Crippen molar-refractivity contribution in [2.75, 3.05) is 12.8 Å². The third-order valence-electron chi connectivity index (χ3n) is 5.46. The Kier molecular flexibility index (Phi) is 7.03. The Morgan fingerprint density at radius 3 is 2.55 bits per heavy atom. The van der Waals surface area contributed by atoms with Gasteiger partial charge in [0.25, 0.3) is 0 Å². The zero-order valence-electron chi connectivity index (χ0n) is 17.2. The van der Waals surface area contributed by atoms with Crippen LogP contribution in [0, 0.1) is 0 Å². The van der Waals surface area contributed by atoms with Gasteiger partial charge in [0.05, 0.1) is 12.8 Å². The molecule has 0 bridgehead atoms. The van der Waals surface area contributed by atoms with Crippen molar-refractivity contribution in [2.24, 2.45) is 4.99 Å². The monoisotopic (exact) mass is 435 g/mol. The minimum absolute atomic E-state index is 0. The molecule has 1 aromatic heterocycles. The zero-order valence-corrected chi connectivity index (χ0v) is 18.0. The number of benzene rings is 2. The maximum Gasteiger partial charge on any atom is 0.208 e. The normalized spacial score (nSPS) is 13.8. The summed E-state index contributed by atoms with van der Waals surface area (Å²) >= 11 is 0. The predicted molar refractivity (Wildman–Crippen MR) is 128 cm³/mol. The fourth-order valence-electron chi connectivity index (χ4n) is 3.85. The second-order valence-electron chi connectivity index (χ2n) is 7.79. The van der Waals surface area contributed by atoms with Gasteiger partial charge in [0, 0.05) is 41.7 Å². The lowest BCUT2D eigenvalue weighted by Gasteiger charge is -2.18. The van der Waals surface area contributed by atoms with Crippen molar-refractivity contribution in [1.29, 1.82) is 0 Å². The van der Waals surface area contributed by atoms with Crippen molar-refractivity contribution in [3.8, 4) is 11.1 Å². The lowest BCUT2D eigenvalue weighted by atomic mass is 9.91. The minimum atomic E-state index is -3.26. The van der Waals surface area contributed by atoms with Crippen LogP contribution in [-0.4, -0.2) is 31.9 Å². The van der Waals surface area contributed by atoms with Crippen LogP contribution in [0.3, 0.4) is 0 Å². The molecule has 0 fully saturated rings. The summed E-state index contributed by atoms with van der Waals surface area (Å²) in [6.07, 6.45) is 5.62. The topological polar surface area (TPSA) is 71.4 Å². The molecular weight excluding hydrogens is 406 g/mol. The minimum Gasteiger partial charge on any atom is -0.285 e. The average Bonchev–Trinajstić information content (AvgIpc) is 3.11. The molecule has 31 heavy (non-hydrogen) atoms. The van der Waals surface area contributed by atoms with Crippen LogP contribution in [0.4, 0.5) is 0 Å². The summed E-state index contributed by atoms with van der Waals surface area (Å²) in [5.41, 5.74) is 7.88. The van der Waals surface area contributed by atoms with E-state index in [2.05, 4.69) is 39.0 Å². The maximum atomic E-state index is 11.6. The molecule has 2 aromatic carbocycles. The van der Waals surface area contributed by atoms with Crippen LogP contribution in [0.15, 0.2) is 72.0 Å². The molecule has 0 saturated carbocycles. The van der Waals surface area contributed by atoms with E-state index in [-0.39, 0.29) is 13.3 Å². The van der Waals surface area contributed by atoms with Gasteiger partial charge < -0.3 is 0 Å². The van der Waals surface area contributed by atoms with Crippen molar-refractivity contribution >= 4 is 15.7 Å². The number of pyridine rings is 1. The number of hydrogen-bond donors (Lipinski definition) is 1. The summed E-state index contributed by atoms with van der Waals surface area (Å²) in [4.78, 5) is 8.97. The summed E-state index contributed by atoms with van der Waals surface area (Å²) in [6.45, 7) is 3.15. The molecule has 2 heterocycles. The molecule has 5 nitrogen and oxygen atoms in total. The van der Waals surface area contributed by atoms with Crippen molar-refractivity contribution in [2.45, 2.75) is 33.2 Å². The average molecular weight is 436 g/mol. The number of aliphatic imine (C=N–C) groups is 1. The lowest BCUT2D eigenvalue weighted by molar-refractivity contribution is 0.574. The summed E-state index contributed by atoms with van der Waals surface area (Å²) in [7, 11) is -3.26. The molecular formula is C25H29N3O2S. The largest absolute Gasteiger partial charge is 0.285 e. The van der Waals surface area contributed by atoms with Gasteiger partial charge in [-0.25, -0.2) is 13.1 Å². The molecule has 0 aliphatic carbocycles. The highest BCUT2D eigenvalue weighted by molar-refractivity contribution is 7.88. The van der Waals surface area contributed by atoms with E-state index in [1.165, 1.54) is 17.4 Å². The standard InChI is InChI=1S/C24H25N3O2S.CH4/c1-17-24-12-20(8-9-21(24)15-26-17)22-10-18(13-25-14-22)11-23(16-27-30(2,28)29)19-6-4-3-5-7-19;/h3-10,12-14,23,27H,11,15-16H2,1-2H3;1H4/t23-;/m0./s1. The first-order chi connectivity index (χ1) is 14.4.